The summed E-state index contributed by atoms with van der Waals surface area (Å²) in [5, 5.41) is 5.49. The highest BCUT2D eigenvalue weighted by molar-refractivity contribution is 7.03. The molecule has 0 aliphatic heterocycles. The van der Waals surface area contributed by atoms with Gasteiger partial charge in [-0.1, -0.05) is 4.49 Å². The van der Waals surface area contributed by atoms with E-state index < -0.39 is 0 Å². The molecule has 1 radical (unpaired) electrons. The summed E-state index contributed by atoms with van der Waals surface area (Å²) < 4.78 is 3.62. The number of aromatic nitrogens is 2. The Hall–Kier alpha value is -0.480. The van der Waals surface area contributed by atoms with Gasteiger partial charge in [0.15, 0.2) is 0 Å². The van der Waals surface area contributed by atoms with Crippen LogP contribution in [0.25, 0.3) is 0 Å². The normalized spacial score (nSPS) is 13.8. The van der Waals surface area contributed by atoms with Crippen LogP contribution < -0.4 is 5.73 Å². The molecule has 3 nitrogen and oxygen atoms in total. The van der Waals surface area contributed by atoms with E-state index in [-0.39, 0.29) is 6.04 Å². The first-order valence-corrected chi connectivity index (χ1v) is 3.00. The Kier molecular flexibility index (Phi) is 1.55. The van der Waals surface area contributed by atoms with Gasteiger partial charge in [-0.3, -0.25) is 0 Å². The van der Waals surface area contributed by atoms with Crippen LogP contribution in [-0.4, -0.2) is 9.59 Å². The van der Waals surface area contributed by atoms with E-state index in [1.54, 1.807) is 5.38 Å². The molecule has 1 aromatic heterocycles. The van der Waals surface area contributed by atoms with Gasteiger partial charge in [-0.15, -0.1) is 5.10 Å². The molecule has 1 heterocycles. The summed E-state index contributed by atoms with van der Waals surface area (Å²) in [4.78, 5) is 0. The fraction of sp³-hybridized carbons (Fsp3) is 0.250. The predicted octanol–water partition coefficient (Wildman–Crippen LogP) is 0.372. The first-order valence-electron chi connectivity index (χ1n) is 2.16. The summed E-state index contributed by atoms with van der Waals surface area (Å²) in [6.07, 6.45) is 0. The third-order valence-corrected chi connectivity index (χ3v) is 1.28. The third kappa shape index (κ3) is 1.02. The smallest absolute Gasteiger partial charge is 0.0922 e. The van der Waals surface area contributed by atoms with Crippen LogP contribution >= 0.6 is 11.5 Å². The highest BCUT2D eigenvalue weighted by atomic mass is 32.1. The molecule has 4 heteroatoms. The van der Waals surface area contributed by atoms with Crippen LogP contribution in [0.15, 0.2) is 5.38 Å². The summed E-state index contributed by atoms with van der Waals surface area (Å²) in [7, 11) is 0. The van der Waals surface area contributed by atoms with E-state index in [1.807, 2.05) is 0 Å². The number of hydrogen-bond acceptors (Lipinski definition) is 4. The van der Waals surface area contributed by atoms with Crippen molar-refractivity contribution in [3.8, 4) is 0 Å². The maximum atomic E-state index is 5.35. The Balaban J connectivity index is 2.77. The van der Waals surface area contributed by atoms with Crippen LogP contribution in [0, 0.1) is 6.92 Å². The number of nitrogens with two attached hydrogens (primary N) is 1. The van der Waals surface area contributed by atoms with E-state index in [0.29, 0.717) is 0 Å². The van der Waals surface area contributed by atoms with Crippen molar-refractivity contribution in [3.63, 3.8) is 0 Å². The molecule has 0 aromatic carbocycles. The second kappa shape index (κ2) is 2.19. The average molecular weight is 128 g/mol. The van der Waals surface area contributed by atoms with E-state index in [9.17, 15) is 0 Å². The molecule has 0 aliphatic rings. The van der Waals surface area contributed by atoms with Gasteiger partial charge in [-0.05, 0) is 18.5 Å². The minimum absolute atomic E-state index is 0.228. The highest BCUT2D eigenvalue weighted by Crippen LogP contribution is 2.04. The number of hydrogen-bond donors (Lipinski definition) is 1. The molecule has 1 rings (SSSR count). The lowest BCUT2D eigenvalue weighted by molar-refractivity contribution is 0.845. The number of rotatable bonds is 1. The van der Waals surface area contributed by atoms with Gasteiger partial charge in [0.1, 0.15) is 0 Å². The van der Waals surface area contributed by atoms with Crippen LogP contribution in [0.3, 0.4) is 0 Å². The van der Waals surface area contributed by atoms with Crippen molar-refractivity contribution in [3.05, 3.63) is 18.0 Å². The predicted molar refractivity (Wildman–Crippen MR) is 32.2 cm³/mol. The second-order valence-corrected chi connectivity index (χ2v) is 2.05. The summed E-state index contributed by atoms with van der Waals surface area (Å²) in [5.74, 6) is 0. The highest BCUT2D eigenvalue weighted by Gasteiger charge is 1.99. The van der Waals surface area contributed by atoms with E-state index in [0.717, 1.165) is 5.69 Å². The van der Waals surface area contributed by atoms with E-state index in [4.69, 9.17) is 5.73 Å². The molecule has 0 saturated carbocycles. The van der Waals surface area contributed by atoms with Crippen molar-refractivity contribution >= 4 is 11.5 Å². The van der Waals surface area contributed by atoms with E-state index >= 15 is 0 Å². The quantitative estimate of drug-likeness (QED) is 0.594. The standard InChI is InChI=1S/C4H6N3S/c1-3(5)4-2-8-7-6-4/h2-3H,1,5H2. The molecule has 8 heavy (non-hydrogen) atoms. The minimum atomic E-state index is -0.228. The van der Waals surface area contributed by atoms with Gasteiger partial charge in [0.2, 0.25) is 0 Å². The molecule has 1 aromatic rings. The summed E-state index contributed by atoms with van der Waals surface area (Å²) in [5.41, 5.74) is 6.11. The second-order valence-electron chi connectivity index (χ2n) is 1.44. The van der Waals surface area contributed by atoms with Crippen LogP contribution in [0.5, 0.6) is 0 Å². The van der Waals surface area contributed by atoms with Crippen LogP contribution in [0.4, 0.5) is 0 Å². The van der Waals surface area contributed by atoms with Crippen LogP contribution in [-0.2, 0) is 0 Å². The molecule has 1 unspecified atom stereocenters. The maximum absolute atomic E-state index is 5.35. The Labute approximate surface area is 51.7 Å². The largest absolute Gasteiger partial charge is 0.323 e. The van der Waals surface area contributed by atoms with Gasteiger partial charge >= 0.3 is 0 Å². The van der Waals surface area contributed by atoms with Crippen molar-refractivity contribution in [2.24, 2.45) is 5.73 Å². The van der Waals surface area contributed by atoms with Crippen molar-refractivity contribution in [2.45, 2.75) is 6.04 Å². The third-order valence-electron chi connectivity index (χ3n) is 0.757. The molecular formula is C4H6N3S. The lowest BCUT2D eigenvalue weighted by Crippen LogP contribution is -2.05. The lowest BCUT2D eigenvalue weighted by atomic mass is 10.3. The Bertz CT molecular complexity index is 146. The van der Waals surface area contributed by atoms with Crippen LogP contribution in [0.2, 0.25) is 0 Å². The first kappa shape index (κ1) is 5.65. The molecular weight excluding hydrogens is 122 g/mol. The first-order chi connectivity index (χ1) is 3.80. The van der Waals surface area contributed by atoms with E-state index in [2.05, 4.69) is 16.5 Å². The van der Waals surface area contributed by atoms with Gasteiger partial charge < -0.3 is 5.73 Å². The molecule has 1 atom stereocenters. The fourth-order valence-electron chi connectivity index (χ4n) is 0.333. The topological polar surface area (TPSA) is 51.8 Å². The summed E-state index contributed by atoms with van der Waals surface area (Å²) in [6.45, 7) is 3.56. The van der Waals surface area contributed by atoms with Crippen molar-refractivity contribution in [1.82, 2.24) is 9.59 Å². The van der Waals surface area contributed by atoms with E-state index in [1.165, 1.54) is 11.5 Å². The van der Waals surface area contributed by atoms with Crippen LogP contribution in [0.1, 0.15) is 11.7 Å². The fourth-order valence-corrected chi connectivity index (χ4v) is 0.852. The Morgan fingerprint density at radius 3 is 2.88 bits per heavy atom. The van der Waals surface area contributed by atoms with Crippen molar-refractivity contribution < 1.29 is 0 Å². The van der Waals surface area contributed by atoms with Crippen molar-refractivity contribution in [1.29, 1.82) is 0 Å². The van der Waals surface area contributed by atoms with Gasteiger partial charge in [0.25, 0.3) is 0 Å². The zero-order chi connectivity index (χ0) is 5.98. The number of nitrogens with zero attached hydrogens (tertiary/aromatic N) is 2. The average Bonchev–Trinajstić information content (AvgIpc) is 2.12. The monoisotopic (exact) mass is 128 g/mol. The van der Waals surface area contributed by atoms with Gasteiger partial charge in [0, 0.05) is 11.4 Å². The molecule has 0 spiro atoms. The molecule has 0 bridgehead atoms. The molecule has 0 saturated heterocycles. The minimum Gasteiger partial charge on any atom is -0.323 e. The Morgan fingerprint density at radius 2 is 2.62 bits per heavy atom. The van der Waals surface area contributed by atoms with Gasteiger partial charge in [0.05, 0.1) is 5.69 Å². The van der Waals surface area contributed by atoms with Gasteiger partial charge in [-0.2, -0.15) is 0 Å². The molecule has 0 aliphatic carbocycles. The molecule has 43 valence electrons. The lowest BCUT2D eigenvalue weighted by Gasteiger charge is -1.93. The summed E-state index contributed by atoms with van der Waals surface area (Å²) in [6, 6.07) is -0.228. The summed E-state index contributed by atoms with van der Waals surface area (Å²) >= 11 is 1.29. The van der Waals surface area contributed by atoms with Gasteiger partial charge in [-0.25, -0.2) is 0 Å². The molecule has 0 fully saturated rings. The zero-order valence-electron chi connectivity index (χ0n) is 4.24. The Morgan fingerprint density at radius 1 is 1.88 bits per heavy atom. The van der Waals surface area contributed by atoms with Crippen molar-refractivity contribution in [2.75, 3.05) is 0 Å². The maximum Gasteiger partial charge on any atom is 0.0922 e. The SMILES string of the molecule is [CH2]C(N)c1csnn1. The molecule has 2 N–H and O–H groups in total. The zero-order valence-corrected chi connectivity index (χ0v) is 5.06. The molecule has 0 amide bonds.